The number of carbonyl (C=O) groups excluding carboxylic acids is 1. The van der Waals surface area contributed by atoms with Crippen LogP contribution in [0.25, 0.3) is 0 Å². The summed E-state index contributed by atoms with van der Waals surface area (Å²) in [4.78, 5) is 21.6. The molecule has 1 saturated carbocycles. The lowest BCUT2D eigenvalue weighted by molar-refractivity contribution is -0.145. The van der Waals surface area contributed by atoms with Crippen molar-refractivity contribution in [2.24, 2.45) is 5.92 Å². The number of carboxylic acid groups (broad SMARTS) is 1. The summed E-state index contributed by atoms with van der Waals surface area (Å²) >= 11 is 0. The molecule has 1 rings (SSSR count). The largest absolute Gasteiger partial charge is 0.481 e. The fraction of sp³-hybridized carbons (Fsp3) is 0.778. The molecule has 1 aliphatic carbocycles. The van der Waals surface area contributed by atoms with Gasteiger partial charge in [0.2, 0.25) is 5.91 Å². The average molecular weight is 201 g/mol. The summed E-state index contributed by atoms with van der Waals surface area (Å²) in [6, 6.07) is -0.436. The topological polar surface area (TPSA) is 86.6 Å². The Bertz CT molecular complexity index is 241. The summed E-state index contributed by atoms with van der Waals surface area (Å²) in [7, 11) is 0. The molecule has 1 fully saturated rings. The summed E-state index contributed by atoms with van der Waals surface area (Å²) in [5.41, 5.74) is 0. The van der Waals surface area contributed by atoms with Gasteiger partial charge in [0.25, 0.3) is 0 Å². The Kier molecular flexibility index (Phi) is 3.46. The molecule has 80 valence electrons. The minimum Gasteiger partial charge on any atom is -0.481 e. The van der Waals surface area contributed by atoms with Gasteiger partial charge in [-0.1, -0.05) is 0 Å². The van der Waals surface area contributed by atoms with E-state index in [1.165, 1.54) is 6.92 Å². The minimum absolute atomic E-state index is 0.254. The van der Waals surface area contributed by atoms with Gasteiger partial charge in [-0.05, 0) is 19.3 Å². The molecule has 1 amide bonds. The van der Waals surface area contributed by atoms with E-state index in [4.69, 9.17) is 5.11 Å². The summed E-state index contributed by atoms with van der Waals surface area (Å²) in [6.45, 7) is 1.35. The predicted molar refractivity (Wildman–Crippen MR) is 48.6 cm³/mol. The highest BCUT2D eigenvalue weighted by molar-refractivity contribution is 5.76. The molecule has 0 bridgehead atoms. The van der Waals surface area contributed by atoms with Gasteiger partial charge in [-0.25, -0.2) is 0 Å². The van der Waals surface area contributed by atoms with Gasteiger partial charge >= 0.3 is 5.97 Å². The standard InChI is InChI=1S/C9H15NO4/c1-5(11)10-8-4-6(12)2-3-7(8)9(13)14/h6-8,12H,2-4H2,1H3,(H,10,11)(H,13,14)/t6-,7+,8-/m1/s1. The maximum atomic E-state index is 10.8. The number of carbonyl (C=O) groups is 2. The Morgan fingerprint density at radius 1 is 1.36 bits per heavy atom. The zero-order chi connectivity index (χ0) is 10.7. The zero-order valence-corrected chi connectivity index (χ0v) is 8.06. The molecule has 5 heteroatoms. The lowest BCUT2D eigenvalue weighted by Gasteiger charge is -2.31. The predicted octanol–water partition coefficient (Wildman–Crippen LogP) is -0.263. The van der Waals surface area contributed by atoms with E-state index in [2.05, 4.69) is 5.32 Å². The molecule has 0 spiro atoms. The number of hydrogen-bond donors (Lipinski definition) is 3. The molecule has 14 heavy (non-hydrogen) atoms. The Morgan fingerprint density at radius 2 is 2.00 bits per heavy atom. The van der Waals surface area contributed by atoms with Crippen molar-refractivity contribution in [3.8, 4) is 0 Å². The SMILES string of the molecule is CC(=O)N[C@@H]1C[C@H](O)CC[C@@H]1C(=O)O. The molecule has 0 aromatic heterocycles. The molecule has 0 heterocycles. The van der Waals surface area contributed by atoms with Crippen LogP contribution in [0.4, 0.5) is 0 Å². The highest BCUT2D eigenvalue weighted by Crippen LogP contribution is 2.25. The van der Waals surface area contributed by atoms with Gasteiger partial charge in [0.1, 0.15) is 0 Å². The van der Waals surface area contributed by atoms with E-state index >= 15 is 0 Å². The van der Waals surface area contributed by atoms with Crippen LogP contribution in [0.5, 0.6) is 0 Å². The number of aliphatic carboxylic acids is 1. The normalized spacial score (nSPS) is 32.3. The quantitative estimate of drug-likeness (QED) is 0.574. The maximum Gasteiger partial charge on any atom is 0.308 e. The first kappa shape index (κ1) is 11.0. The van der Waals surface area contributed by atoms with Crippen molar-refractivity contribution in [2.45, 2.75) is 38.3 Å². The highest BCUT2D eigenvalue weighted by atomic mass is 16.4. The molecule has 0 saturated heterocycles. The van der Waals surface area contributed by atoms with E-state index < -0.39 is 24.0 Å². The molecule has 3 atom stereocenters. The van der Waals surface area contributed by atoms with Crippen LogP contribution >= 0.6 is 0 Å². The smallest absolute Gasteiger partial charge is 0.308 e. The van der Waals surface area contributed by atoms with Crippen LogP contribution in [0.1, 0.15) is 26.2 Å². The van der Waals surface area contributed by atoms with Gasteiger partial charge in [0.15, 0.2) is 0 Å². The Balaban J connectivity index is 2.63. The first-order valence-electron chi connectivity index (χ1n) is 4.68. The number of rotatable bonds is 2. The van der Waals surface area contributed by atoms with Gasteiger partial charge in [-0.2, -0.15) is 0 Å². The third-order valence-corrected chi connectivity index (χ3v) is 2.53. The van der Waals surface area contributed by atoms with Crippen molar-refractivity contribution in [1.82, 2.24) is 5.32 Å². The van der Waals surface area contributed by atoms with Gasteiger partial charge in [-0.3, -0.25) is 9.59 Å². The number of carboxylic acids is 1. The molecule has 5 nitrogen and oxygen atoms in total. The third-order valence-electron chi connectivity index (χ3n) is 2.53. The fourth-order valence-electron chi connectivity index (χ4n) is 1.86. The molecule has 3 N–H and O–H groups in total. The number of aliphatic hydroxyl groups is 1. The van der Waals surface area contributed by atoms with E-state index in [1.54, 1.807) is 0 Å². The van der Waals surface area contributed by atoms with Crippen molar-refractivity contribution in [3.05, 3.63) is 0 Å². The number of nitrogens with one attached hydrogen (secondary N) is 1. The lowest BCUT2D eigenvalue weighted by Crippen LogP contribution is -2.47. The molecule has 0 radical (unpaired) electrons. The molecule has 1 aliphatic rings. The number of hydrogen-bond acceptors (Lipinski definition) is 3. The monoisotopic (exact) mass is 201 g/mol. The molecule has 0 aromatic rings. The Hall–Kier alpha value is -1.10. The van der Waals surface area contributed by atoms with Crippen molar-refractivity contribution in [1.29, 1.82) is 0 Å². The third kappa shape index (κ3) is 2.70. The van der Waals surface area contributed by atoms with Crippen LogP contribution in [-0.4, -0.2) is 34.2 Å². The number of aliphatic hydroxyl groups excluding tert-OH is 1. The summed E-state index contributed by atoms with van der Waals surface area (Å²) < 4.78 is 0. The highest BCUT2D eigenvalue weighted by Gasteiger charge is 2.34. The first-order valence-corrected chi connectivity index (χ1v) is 4.68. The van der Waals surface area contributed by atoms with E-state index in [9.17, 15) is 14.7 Å². The molecule has 0 aliphatic heterocycles. The summed E-state index contributed by atoms with van der Waals surface area (Å²) in [5.74, 6) is -1.73. The van der Waals surface area contributed by atoms with Crippen molar-refractivity contribution >= 4 is 11.9 Å². The van der Waals surface area contributed by atoms with Crippen molar-refractivity contribution in [3.63, 3.8) is 0 Å². The lowest BCUT2D eigenvalue weighted by atomic mass is 9.83. The number of amides is 1. The second-order valence-corrected chi connectivity index (χ2v) is 3.72. The van der Waals surface area contributed by atoms with Gasteiger partial charge < -0.3 is 15.5 Å². The second kappa shape index (κ2) is 4.41. The fourth-order valence-corrected chi connectivity index (χ4v) is 1.86. The van der Waals surface area contributed by atoms with E-state index in [0.717, 1.165) is 0 Å². The van der Waals surface area contributed by atoms with Crippen LogP contribution in [0.15, 0.2) is 0 Å². The molecular weight excluding hydrogens is 186 g/mol. The van der Waals surface area contributed by atoms with E-state index in [0.29, 0.717) is 19.3 Å². The van der Waals surface area contributed by atoms with E-state index in [-0.39, 0.29) is 5.91 Å². The van der Waals surface area contributed by atoms with Crippen molar-refractivity contribution in [2.75, 3.05) is 0 Å². The van der Waals surface area contributed by atoms with E-state index in [1.807, 2.05) is 0 Å². The van der Waals surface area contributed by atoms with Crippen molar-refractivity contribution < 1.29 is 19.8 Å². The summed E-state index contributed by atoms with van der Waals surface area (Å²) in [6.07, 6.45) is 0.743. The maximum absolute atomic E-state index is 10.8. The molecule has 0 unspecified atom stereocenters. The van der Waals surface area contributed by atoms with Gasteiger partial charge in [-0.15, -0.1) is 0 Å². The zero-order valence-electron chi connectivity index (χ0n) is 8.06. The average Bonchev–Trinajstić information content (AvgIpc) is 2.01. The van der Waals surface area contributed by atoms with Crippen LogP contribution < -0.4 is 5.32 Å². The molecule has 0 aromatic carbocycles. The van der Waals surface area contributed by atoms with Crippen LogP contribution in [0.3, 0.4) is 0 Å². The van der Waals surface area contributed by atoms with Gasteiger partial charge in [0, 0.05) is 13.0 Å². The summed E-state index contributed by atoms with van der Waals surface area (Å²) in [5, 5.41) is 20.8. The van der Waals surface area contributed by atoms with Gasteiger partial charge in [0.05, 0.1) is 12.0 Å². The minimum atomic E-state index is -0.907. The van der Waals surface area contributed by atoms with Crippen LogP contribution in [-0.2, 0) is 9.59 Å². The first-order chi connectivity index (χ1) is 6.50. The molecular formula is C9H15NO4. The van der Waals surface area contributed by atoms with Crippen LogP contribution in [0.2, 0.25) is 0 Å². The van der Waals surface area contributed by atoms with Crippen LogP contribution in [0, 0.1) is 5.92 Å². The second-order valence-electron chi connectivity index (χ2n) is 3.72. The Labute approximate surface area is 82.1 Å². The Morgan fingerprint density at radius 3 is 2.50 bits per heavy atom.